The van der Waals surface area contributed by atoms with Crippen molar-refractivity contribution in [3.05, 3.63) is 80.4 Å². The van der Waals surface area contributed by atoms with Gasteiger partial charge in [0.1, 0.15) is 11.1 Å². The molecule has 4 rings (SSSR count). The molecule has 200 valence electrons. The molecule has 0 fully saturated rings. The molecule has 0 aliphatic heterocycles. The highest BCUT2D eigenvalue weighted by molar-refractivity contribution is 8.00. The highest BCUT2D eigenvalue weighted by Gasteiger charge is 2.14. The zero-order chi connectivity index (χ0) is 28.0. The van der Waals surface area contributed by atoms with Crippen LogP contribution in [0.2, 0.25) is 0 Å². The van der Waals surface area contributed by atoms with Gasteiger partial charge in [0.25, 0.3) is 11.1 Å². The number of aldehydes is 2. The number of carbonyl (C=O) groups excluding carboxylic acids is 2. The van der Waals surface area contributed by atoms with Gasteiger partial charge in [-0.2, -0.15) is 0 Å². The van der Waals surface area contributed by atoms with Gasteiger partial charge in [0.2, 0.25) is 0 Å². The first-order valence-corrected chi connectivity index (χ1v) is 13.8. The summed E-state index contributed by atoms with van der Waals surface area (Å²) in [4.78, 5) is 47.8. The summed E-state index contributed by atoms with van der Waals surface area (Å²) in [7, 11) is 3.20. The van der Waals surface area contributed by atoms with Crippen molar-refractivity contribution in [2.24, 2.45) is 14.1 Å². The number of aromatic nitrogens is 4. The molecule has 38 heavy (non-hydrogen) atoms. The van der Waals surface area contributed by atoms with Crippen LogP contribution in [0.15, 0.2) is 67.9 Å². The topological polar surface area (TPSA) is 110 Å². The minimum atomic E-state index is -0.300. The molecular formula is C28H32N4O4S2. The van der Waals surface area contributed by atoms with Gasteiger partial charge in [0.15, 0.2) is 12.6 Å². The highest BCUT2D eigenvalue weighted by Crippen LogP contribution is 2.27. The van der Waals surface area contributed by atoms with Gasteiger partial charge < -0.3 is 0 Å². The Kier molecular flexibility index (Phi) is 9.82. The molecule has 0 aliphatic carbocycles. The van der Waals surface area contributed by atoms with Crippen molar-refractivity contribution in [1.29, 1.82) is 0 Å². The lowest BCUT2D eigenvalue weighted by atomic mass is 10.1. The van der Waals surface area contributed by atoms with E-state index >= 15 is 0 Å². The van der Waals surface area contributed by atoms with Crippen molar-refractivity contribution >= 4 is 36.1 Å². The number of carbonyl (C=O) groups is 2. The van der Waals surface area contributed by atoms with E-state index in [4.69, 9.17) is 0 Å². The van der Waals surface area contributed by atoms with Crippen molar-refractivity contribution in [3.63, 3.8) is 0 Å². The predicted molar refractivity (Wildman–Crippen MR) is 156 cm³/mol. The Bertz CT molecular complexity index is 1390. The quantitative estimate of drug-likeness (QED) is 0.224. The van der Waals surface area contributed by atoms with E-state index in [1.54, 1.807) is 37.6 Å². The maximum Gasteiger partial charge on any atom is 0.277 e. The number of aromatic amines is 2. The largest absolute Gasteiger partial charge is 0.298 e. The molecule has 0 unspecified atom stereocenters. The van der Waals surface area contributed by atoms with Crippen LogP contribution in [-0.2, 0) is 14.1 Å². The van der Waals surface area contributed by atoms with E-state index in [0.717, 1.165) is 11.1 Å². The van der Waals surface area contributed by atoms with Crippen LogP contribution < -0.4 is 11.1 Å². The third-order valence-corrected chi connectivity index (χ3v) is 7.46. The van der Waals surface area contributed by atoms with Crippen LogP contribution in [0, 0.1) is 0 Å². The second kappa shape index (κ2) is 12.8. The third kappa shape index (κ3) is 6.87. The molecule has 2 heterocycles. The Labute approximate surface area is 229 Å². The van der Waals surface area contributed by atoms with Gasteiger partial charge in [-0.1, -0.05) is 52.0 Å². The number of benzene rings is 2. The minimum absolute atomic E-state index is 0.173. The lowest BCUT2D eigenvalue weighted by Crippen LogP contribution is -2.14. The smallest absolute Gasteiger partial charge is 0.277 e. The van der Waals surface area contributed by atoms with Crippen LogP contribution in [-0.4, -0.2) is 42.6 Å². The van der Waals surface area contributed by atoms with Gasteiger partial charge in [-0.05, 0) is 24.3 Å². The van der Waals surface area contributed by atoms with E-state index in [2.05, 4.69) is 37.9 Å². The number of thioether (sulfide) groups is 2. The first kappa shape index (κ1) is 29.1. The molecule has 10 heteroatoms. The standard InChI is InChI=1S/2C14H16N2O2S/c2*1-9(2)19-11-6-4-10(5-7-11)13-12(8-17)14(18)16(3)15-13/h2*4-9,15H,1-3H3. The Balaban J connectivity index is 0.000000211. The maximum atomic E-state index is 11.7. The van der Waals surface area contributed by atoms with Gasteiger partial charge in [-0.15, -0.1) is 23.5 Å². The summed E-state index contributed by atoms with van der Waals surface area (Å²) in [6.45, 7) is 8.55. The Morgan fingerprint density at radius 3 is 1.21 bits per heavy atom. The van der Waals surface area contributed by atoms with Crippen molar-refractivity contribution in [3.8, 4) is 22.5 Å². The first-order valence-electron chi connectivity index (χ1n) is 12.1. The molecule has 2 N–H and O–H groups in total. The van der Waals surface area contributed by atoms with Crippen LogP contribution in [0.25, 0.3) is 22.5 Å². The molecule has 2 aromatic heterocycles. The van der Waals surface area contributed by atoms with Gasteiger partial charge >= 0.3 is 0 Å². The fraction of sp³-hybridized carbons (Fsp3) is 0.286. The van der Waals surface area contributed by atoms with Gasteiger partial charge in [-0.25, -0.2) is 0 Å². The van der Waals surface area contributed by atoms with Crippen LogP contribution in [0.4, 0.5) is 0 Å². The van der Waals surface area contributed by atoms with Crippen molar-refractivity contribution < 1.29 is 9.59 Å². The fourth-order valence-corrected chi connectivity index (χ4v) is 5.41. The Morgan fingerprint density at radius 1 is 0.632 bits per heavy atom. The van der Waals surface area contributed by atoms with E-state index in [-0.39, 0.29) is 22.2 Å². The number of hydrogen-bond acceptors (Lipinski definition) is 6. The molecule has 4 aromatic rings. The SMILES string of the molecule is CC(C)Sc1ccc(-c2[nH]n(C)c(=O)c2C=O)cc1.CC(C)Sc1ccc(-c2[nH]n(C)c(=O)c2C=O)cc1. The summed E-state index contributed by atoms with van der Waals surface area (Å²) in [5.41, 5.74) is 2.57. The number of H-pyrrole nitrogens is 2. The third-order valence-electron chi connectivity index (χ3n) is 5.43. The molecule has 0 spiro atoms. The monoisotopic (exact) mass is 552 g/mol. The predicted octanol–water partition coefficient (Wildman–Crippen LogP) is 5.39. The summed E-state index contributed by atoms with van der Waals surface area (Å²) in [5.74, 6) is 0. The molecule has 8 nitrogen and oxygen atoms in total. The van der Waals surface area contributed by atoms with Crippen LogP contribution in [0.1, 0.15) is 48.4 Å². The molecule has 2 aromatic carbocycles. The zero-order valence-corrected chi connectivity index (χ0v) is 23.9. The summed E-state index contributed by atoms with van der Waals surface area (Å²) < 4.78 is 2.63. The Hall–Kier alpha value is -3.50. The molecule has 0 atom stereocenters. The van der Waals surface area contributed by atoms with Crippen molar-refractivity contribution in [2.75, 3.05) is 0 Å². The summed E-state index contributed by atoms with van der Waals surface area (Å²) in [5, 5.41) is 6.86. The second-order valence-corrected chi connectivity index (χ2v) is 12.4. The lowest BCUT2D eigenvalue weighted by Gasteiger charge is -2.05. The molecule has 0 bridgehead atoms. The van der Waals surface area contributed by atoms with Crippen LogP contribution in [0.5, 0.6) is 0 Å². The summed E-state index contributed by atoms with van der Waals surface area (Å²) >= 11 is 3.55. The number of nitrogens with one attached hydrogen (secondary N) is 2. The molecule has 0 saturated carbocycles. The van der Waals surface area contributed by atoms with Crippen molar-refractivity contribution in [2.45, 2.75) is 48.0 Å². The minimum Gasteiger partial charge on any atom is -0.298 e. The molecule has 0 radical (unpaired) electrons. The maximum absolute atomic E-state index is 11.7. The van der Waals surface area contributed by atoms with Gasteiger partial charge in [-0.3, -0.25) is 38.7 Å². The Morgan fingerprint density at radius 2 is 0.947 bits per heavy atom. The average Bonchev–Trinajstić information content (AvgIpc) is 3.33. The van der Waals surface area contributed by atoms with Crippen LogP contribution in [0.3, 0.4) is 0 Å². The van der Waals surface area contributed by atoms with E-state index in [1.807, 2.05) is 48.5 Å². The van der Waals surface area contributed by atoms with E-state index in [0.29, 0.717) is 34.5 Å². The second-order valence-electron chi connectivity index (χ2n) is 9.15. The molecule has 0 amide bonds. The molecule has 0 saturated heterocycles. The lowest BCUT2D eigenvalue weighted by molar-refractivity contribution is 0.111. The normalized spacial score (nSPS) is 10.9. The van der Waals surface area contributed by atoms with Crippen molar-refractivity contribution in [1.82, 2.24) is 19.6 Å². The first-order chi connectivity index (χ1) is 18.0. The number of rotatable bonds is 8. The van der Waals surface area contributed by atoms with E-state index < -0.39 is 0 Å². The van der Waals surface area contributed by atoms with Crippen LogP contribution >= 0.6 is 23.5 Å². The van der Waals surface area contributed by atoms with Gasteiger partial charge in [0, 0.05) is 45.5 Å². The summed E-state index contributed by atoms with van der Waals surface area (Å²) in [6.07, 6.45) is 1.20. The molecule has 0 aliphatic rings. The number of aryl methyl sites for hydroxylation is 2. The highest BCUT2D eigenvalue weighted by atomic mass is 32.2. The summed E-state index contributed by atoms with van der Waals surface area (Å²) in [6, 6.07) is 15.7. The zero-order valence-electron chi connectivity index (χ0n) is 22.3. The molecular weight excluding hydrogens is 520 g/mol. The fourth-order valence-electron chi connectivity index (χ4n) is 3.74. The van der Waals surface area contributed by atoms with E-state index in [1.165, 1.54) is 19.2 Å². The van der Waals surface area contributed by atoms with E-state index in [9.17, 15) is 19.2 Å². The van der Waals surface area contributed by atoms with Gasteiger partial charge in [0.05, 0.1) is 11.4 Å². The average molecular weight is 553 g/mol. The number of nitrogens with zero attached hydrogens (tertiary/aromatic N) is 2. The number of hydrogen-bond donors (Lipinski definition) is 2.